The highest BCUT2D eigenvalue weighted by molar-refractivity contribution is 5.89. The lowest BCUT2D eigenvalue weighted by Gasteiger charge is -2.12. The third kappa shape index (κ3) is 8.92. The zero-order valence-electron chi connectivity index (χ0n) is 15.1. The number of carbonyl (C=O) groups is 1. The largest absolute Gasteiger partial charge is 0.491 e. The standard InChI is InChI=1S/C20H32O4/c1-3-4-5-6-7-8-9-10-11-18(21)16-24-19-14-12-17(13-15-19)20(22)23-2/h12-15,18,21H,3-11,16H2,1-2H3. The van der Waals surface area contributed by atoms with Crippen LogP contribution in [0.15, 0.2) is 24.3 Å². The average molecular weight is 336 g/mol. The molecule has 1 unspecified atom stereocenters. The van der Waals surface area contributed by atoms with Crippen LogP contribution in [0, 0.1) is 0 Å². The van der Waals surface area contributed by atoms with Crippen LogP contribution in [0.25, 0.3) is 0 Å². The van der Waals surface area contributed by atoms with Crippen molar-refractivity contribution >= 4 is 5.97 Å². The SMILES string of the molecule is CCCCCCCCCCC(O)COc1ccc(C(=O)OC)cc1. The molecule has 24 heavy (non-hydrogen) atoms. The van der Waals surface area contributed by atoms with Gasteiger partial charge in [0.25, 0.3) is 0 Å². The molecule has 0 aromatic heterocycles. The van der Waals surface area contributed by atoms with Gasteiger partial charge in [-0.15, -0.1) is 0 Å². The summed E-state index contributed by atoms with van der Waals surface area (Å²) in [4.78, 5) is 11.3. The quantitative estimate of drug-likeness (QED) is 0.417. The summed E-state index contributed by atoms with van der Waals surface area (Å²) >= 11 is 0. The summed E-state index contributed by atoms with van der Waals surface area (Å²) in [6.07, 6.45) is 10.4. The number of unbranched alkanes of at least 4 members (excludes halogenated alkanes) is 7. The summed E-state index contributed by atoms with van der Waals surface area (Å²) in [5.41, 5.74) is 0.490. The summed E-state index contributed by atoms with van der Waals surface area (Å²) in [5.74, 6) is 0.286. The predicted octanol–water partition coefficient (Wildman–Crippen LogP) is 4.74. The third-order valence-electron chi connectivity index (χ3n) is 4.11. The van der Waals surface area contributed by atoms with Gasteiger partial charge in [0.2, 0.25) is 0 Å². The molecular weight excluding hydrogens is 304 g/mol. The van der Waals surface area contributed by atoms with Crippen LogP contribution < -0.4 is 4.74 Å². The minimum atomic E-state index is -0.439. The number of benzene rings is 1. The normalized spacial score (nSPS) is 12.0. The van der Waals surface area contributed by atoms with E-state index in [1.54, 1.807) is 24.3 Å². The van der Waals surface area contributed by atoms with Gasteiger partial charge in [0.05, 0.1) is 18.8 Å². The van der Waals surface area contributed by atoms with Crippen molar-refractivity contribution in [3.8, 4) is 5.75 Å². The Hall–Kier alpha value is -1.55. The first-order chi connectivity index (χ1) is 11.7. The smallest absolute Gasteiger partial charge is 0.337 e. The molecule has 0 saturated heterocycles. The molecule has 4 nitrogen and oxygen atoms in total. The lowest BCUT2D eigenvalue weighted by Crippen LogP contribution is -2.17. The molecule has 0 aliphatic heterocycles. The Kier molecular flexibility index (Phi) is 10.9. The van der Waals surface area contributed by atoms with Gasteiger partial charge in [0, 0.05) is 0 Å². The molecule has 136 valence electrons. The molecule has 4 heteroatoms. The van der Waals surface area contributed by atoms with Crippen molar-refractivity contribution in [3.63, 3.8) is 0 Å². The van der Waals surface area contributed by atoms with E-state index >= 15 is 0 Å². The maximum atomic E-state index is 11.3. The van der Waals surface area contributed by atoms with Crippen molar-refractivity contribution in [1.82, 2.24) is 0 Å². The van der Waals surface area contributed by atoms with Crippen LogP contribution >= 0.6 is 0 Å². The van der Waals surface area contributed by atoms with Crippen LogP contribution in [0.1, 0.15) is 75.1 Å². The first-order valence-electron chi connectivity index (χ1n) is 9.16. The van der Waals surface area contributed by atoms with Gasteiger partial charge in [-0.1, -0.05) is 58.3 Å². The number of aliphatic hydroxyl groups excluding tert-OH is 1. The Balaban J connectivity index is 2.09. The van der Waals surface area contributed by atoms with Gasteiger partial charge in [-0.25, -0.2) is 4.79 Å². The number of hydrogen-bond donors (Lipinski definition) is 1. The summed E-state index contributed by atoms with van der Waals surface area (Å²) in [7, 11) is 1.36. The molecule has 0 spiro atoms. The number of rotatable bonds is 13. The molecule has 1 N–H and O–H groups in total. The van der Waals surface area contributed by atoms with E-state index in [4.69, 9.17) is 4.74 Å². The van der Waals surface area contributed by atoms with E-state index in [-0.39, 0.29) is 12.6 Å². The van der Waals surface area contributed by atoms with E-state index in [0.29, 0.717) is 11.3 Å². The van der Waals surface area contributed by atoms with Gasteiger partial charge in [-0.05, 0) is 30.7 Å². The third-order valence-corrected chi connectivity index (χ3v) is 4.11. The molecule has 1 rings (SSSR count). The molecule has 0 radical (unpaired) electrons. The van der Waals surface area contributed by atoms with Crippen molar-refractivity contribution in [2.24, 2.45) is 0 Å². The van der Waals surface area contributed by atoms with Crippen LogP contribution in [0.5, 0.6) is 5.75 Å². The van der Waals surface area contributed by atoms with Crippen molar-refractivity contribution in [2.75, 3.05) is 13.7 Å². The van der Waals surface area contributed by atoms with E-state index in [9.17, 15) is 9.90 Å². The molecule has 1 atom stereocenters. The van der Waals surface area contributed by atoms with Gasteiger partial charge in [0.1, 0.15) is 12.4 Å². The van der Waals surface area contributed by atoms with Gasteiger partial charge in [-0.2, -0.15) is 0 Å². The first-order valence-corrected chi connectivity index (χ1v) is 9.16. The van der Waals surface area contributed by atoms with Crippen LogP contribution in [-0.2, 0) is 4.74 Å². The highest BCUT2D eigenvalue weighted by Crippen LogP contribution is 2.15. The second-order valence-electron chi connectivity index (χ2n) is 6.24. The minimum absolute atomic E-state index is 0.286. The Morgan fingerprint density at radius 2 is 1.58 bits per heavy atom. The van der Waals surface area contributed by atoms with E-state index in [2.05, 4.69) is 11.7 Å². The maximum Gasteiger partial charge on any atom is 0.337 e. The fraction of sp³-hybridized carbons (Fsp3) is 0.650. The molecule has 1 aromatic carbocycles. The zero-order valence-corrected chi connectivity index (χ0v) is 15.1. The summed E-state index contributed by atoms with van der Waals surface area (Å²) < 4.78 is 10.2. The highest BCUT2D eigenvalue weighted by atomic mass is 16.5. The molecule has 0 bridgehead atoms. The number of hydrogen-bond acceptors (Lipinski definition) is 4. The first kappa shape index (κ1) is 20.5. The van der Waals surface area contributed by atoms with E-state index in [1.807, 2.05) is 0 Å². The Morgan fingerprint density at radius 3 is 2.17 bits per heavy atom. The van der Waals surface area contributed by atoms with Gasteiger partial charge >= 0.3 is 5.97 Å². The molecule has 1 aromatic rings. The maximum absolute atomic E-state index is 11.3. The molecule has 0 fully saturated rings. The molecular formula is C20H32O4. The Labute approximate surface area is 146 Å². The van der Waals surface area contributed by atoms with Gasteiger partial charge < -0.3 is 14.6 Å². The number of esters is 1. The topological polar surface area (TPSA) is 55.8 Å². The molecule has 0 amide bonds. The van der Waals surface area contributed by atoms with Crippen LogP contribution in [0.4, 0.5) is 0 Å². The van der Waals surface area contributed by atoms with Gasteiger partial charge in [0.15, 0.2) is 0 Å². The number of carbonyl (C=O) groups excluding carboxylic acids is 1. The molecule has 0 aliphatic rings. The minimum Gasteiger partial charge on any atom is -0.491 e. The predicted molar refractivity (Wildman–Crippen MR) is 96.5 cm³/mol. The lowest BCUT2D eigenvalue weighted by atomic mass is 10.1. The van der Waals surface area contributed by atoms with Crippen molar-refractivity contribution in [3.05, 3.63) is 29.8 Å². The molecule has 0 aliphatic carbocycles. The summed E-state index contributed by atoms with van der Waals surface area (Å²) in [6.45, 7) is 2.52. The zero-order chi connectivity index (χ0) is 17.6. The number of methoxy groups -OCH3 is 1. The van der Waals surface area contributed by atoms with Gasteiger partial charge in [-0.3, -0.25) is 0 Å². The fourth-order valence-corrected chi connectivity index (χ4v) is 2.59. The van der Waals surface area contributed by atoms with Crippen molar-refractivity contribution < 1.29 is 19.4 Å². The van der Waals surface area contributed by atoms with E-state index in [1.165, 1.54) is 52.1 Å². The summed E-state index contributed by atoms with van der Waals surface area (Å²) in [5, 5.41) is 9.96. The Bertz CT molecular complexity index is 441. The lowest BCUT2D eigenvalue weighted by molar-refractivity contribution is 0.0600. The second-order valence-corrected chi connectivity index (χ2v) is 6.24. The number of ether oxygens (including phenoxy) is 2. The van der Waals surface area contributed by atoms with Crippen LogP contribution in [-0.4, -0.2) is 30.9 Å². The van der Waals surface area contributed by atoms with E-state index in [0.717, 1.165) is 12.8 Å². The number of aliphatic hydroxyl groups is 1. The molecule has 0 saturated carbocycles. The van der Waals surface area contributed by atoms with Crippen LogP contribution in [0.2, 0.25) is 0 Å². The molecule has 0 heterocycles. The fourth-order valence-electron chi connectivity index (χ4n) is 2.59. The van der Waals surface area contributed by atoms with Crippen molar-refractivity contribution in [2.45, 2.75) is 70.8 Å². The van der Waals surface area contributed by atoms with Crippen LogP contribution in [0.3, 0.4) is 0 Å². The Morgan fingerprint density at radius 1 is 1.00 bits per heavy atom. The second kappa shape index (κ2) is 12.8. The van der Waals surface area contributed by atoms with Crippen molar-refractivity contribution in [1.29, 1.82) is 0 Å². The highest BCUT2D eigenvalue weighted by Gasteiger charge is 2.07. The summed E-state index contributed by atoms with van der Waals surface area (Å²) in [6, 6.07) is 6.75. The average Bonchev–Trinajstić information content (AvgIpc) is 2.62. The monoisotopic (exact) mass is 336 g/mol. The van der Waals surface area contributed by atoms with E-state index < -0.39 is 6.10 Å².